The van der Waals surface area contributed by atoms with Gasteiger partial charge in [-0.1, -0.05) is 0 Å². The third-order valence-corrected chi connectivity index (χ3v) is 5.73. The minimum Gasteiger partial charge on any atom is -0.315 e. The lowest BCUT2D eigenvalue weighted by Crippen LogP contribution is -2.24. The average molecular weight is 260 g/mol. The molecule has 0 spiro atoms. The summed E-state index contributed by atoms with van der Waals surface area (Å²) in [7, 11) is -1.42. The first-order valence-corrected chi connectivity index (χ1v) is 7.59. The van der Waals surface area contributed by atoms with Gasteiger partial charge in [0, 0.05) is 17.5 Å². The molecule has 1 aliphatic rings. The molecule has 0 bridgehead atoms. The summed E-state index contributed by atoms with van der Waals surface area (Å²) in [5, 5.41) is 3.04. The second kappa shape index (κ2) is 4.44. The molecule has 2 rings (SSSR count). The third kappa shape index (κ3) is 2.63. The molecule has 2 N–H and O–H groups in total. The molecule has 1 fully saturated rings. The van der Waals surface area contributed by atoms with Crippen molar-refractivity contribution in [1.29, 1.82) is 0 Å². The number of nitrogens with one attached hydrogen (secondary N) is 2. The normalized spacial score (nSPS) is 16.6. The van der Waals surface area contributed by atoms with Crippen LogP contribution in [0.4, 0.5) is 0 Å². The quantitative estimate of drug-likeness (QED) is 0.837. The van der Waals surface area contributed by atoms with Gasteiger partial charge in [0.15, 0.2) is 0 Å². The highest BCUT2D eigenvalue weighted by molar-refractivity contribution is 7.91. The first-order valence-electron chi connectivity index (χ1n) is 5.29. The molecule has 0 atom stereocenters. The molecule has 4 nitrogen and oxygen atoms in total. The van der Waals surface area contributed by atoms with Gasteiger partial charge in [0.25, 0.3) is 0 Å². The summed E-state index contributed by atoms with van der Waals surface area (Å²) in [5.41, 5.74) is 1.04. The molecule has 1 heterocycles. The number of rotatable bonds is 5. The summed E-state index contributed by atoms with van der Waals surface area (Å²) in [6, 6.07) is 1.92. The van der Waals surface area contributed by atoms with Crippen molar-refractivity contribution in [3.05, 3.63) is 16.5 Å². The molecule has 0 unspecified atom stereocenters. The molecule has 90 valence electrons. The Morgan fingerprint density at radius 3 is 2.75 bits per heavy atom. The second-order valence-corrected chi connectivity index (χ2v) is 7.18. The molecular weight excluding hydrogens is 244 g/mol. The van der Waals surface area contributed by atoms with E-state index >= 15 is 0 Å². The topological polar surface area (TPSA) is 58.2 Å². The van der Waals surface area contributed by atoms with Crippen LogP contribution in [0.25, 0.3) is 0 Å². The van der Waals surface area contributed by atoms with E-state index in [-0.39, 0.29) is 6.04 Å². The highest BCUT2D eigenvalue weighted by atomic mass is 32.2. The maximum Gasteiger partial charge on any atom is 0.250 e. The SMILES string of the molecule is CNCc1sc(S(=O)(=O)NC2CC2)cc1C. The predicted octanol–water partition coefficient (Wildman–Crippen LogP) is 1.22. The van der Waals surface area contributed by atoms with Crippen molar-refractivity contribution in [2.24, 2.45) is 0 Å². The van der Waals surface area contributed by atoms with Crippen LogP contribution in [-0.2, 0) is 16.6 Å². The van der Waals surface area contributed by atoms with E-state index < -0.39 is 10.0 Å². The summed E-state index contributed by atoms with van der Waals surface area (Å²) < 4.78 is 27.0. The Balaban J connectivity index is 2.22. The Bertz CT molecular complexity index is 475. The van der Waals surface area contributed by atoms with E-state index in [9.17, 15) is 8.42 Å². The van der Waals surface area contributed by atoms with Gasteiger partial charge in [-0.15, -0.1) is 11.3 Å². The molecule has 1 aromatic heterocycles. The van der Waals surface area contributed by atoms with Crippen LogP contribution in [0.3, 0.4) is 0 Å². The molecule has 0 amide bonds. The maximum absolute atomic E-state index is 11.9. The summed E-state index contributed by atoms with van der Waals surface area (Å²) >= 11 is 1.35. The Morgan fingerprint density at radius 1 is 1.50 bits per heavy atom. The Hall–Kier alpha value is -0.430. The lowest BCUT2D eigenvalue weighted by Gasteiger charge is -2.01. The van der Waals surface area contributed by atoms with E-state index in [0.29, 0.717) is 4.21 Å². The average Bonchev–Trinajstić information content (AvgIpc) is 2.91. The van der Waals surface area contributed by atoms with Crippen LogP contribution in [0, 0.1) is 6.92 Å². The molecule has 1 aromatic rings. The summed E-state index contributed by atoms with van der Waals surface area (Å²) in [6.07, 6.45) is 1.93. The second-order valence-electron chi connectivity index (χ2n) is 4.10. The molecule has 0 aliphatic heterocycles. The van der Waals surface area contributed by atoms with Crippen LogP contribution < -0.4 is 10.0 Å². The van der Waals surface area contributed by atoms with E-state index in [1.807, 2.05) is 14.0 Å². The highest BCUT2D eigenvalue weighted by Gasteiger charge is 2.29. The maximum atomic E-state index is 11.9. The number of sulfonamides is 1. The van der Waals surface area contributed by atoms with Crippen LogP contribution in [0.2, 0.25) is 0 Å². The Kier molecular flexibility index (Phi) is 3.34. The molecule has 0 aromatic carbocycles. The number of hydrogen-bond acceptors (Lipinski definition) is 4. The zero-order valence-electron chi connectivity index (χ0n) is 9.41. The van der Waals surface area contributed by atoms with Crippen molar-refractivity contribution in [2.45, 2.75) is 36.6 Å². The Labute approximate surface area is 100 Å². The molecular formula is C10H16N2O2S2. The van der Waals surface area contributed by atoms with Gasteiger partial charge in [-0.05, 0) is 38.4 Å². The zero-order valence-corrected chi connectivity index (χ0v) is 11.0. The van der Waals surface area contributed by atoms with Crippen LogP contribution in [0.15, 0.2) is 10.3 Å². The van der Waals surface area contributed by atoms with Crippen LogP contribution in [-0.4, -0.2) is 21.5 Å². The molecule has 16 heavy (non-hydrogen) atoms. The van der Waals surface area contributed by atoms with E-state index in [0.717, 1.165) is 29.8 Å². The fourth-order valence-corrected chi connectivity index (χ4v) is 4.36. The van der Waals surface area contributed by atoms with E-state index in [4.69, 9.17) is 0 Å². The van der Waals surface area contributed by atoms with Crippen molar-refractivity contribution in [3.63, 3.8) is 0 Å². The van der Waals surface area contributed by atoms with E-state index in [1.165, 1.54) is 11.3 Å². The smallest absolute Gasteiger partial charge is 0.250 e. The van der Waals surface area contributed by atoms with Crippen molar-refractivity contribution in [3.8, 4) is 0 Å². The monoisotopic (exact) mass is 260 g/mol. The Morgan fingerprint density at radius 2 is 2.19 bits per heavy atom. The highest BCUT2D eigenvalue weighted by Crippen LogP contribution is 2.28. The zero-order chi connectivity index (χ0) is 11.8. The van der Waals surface area contributed by atoms with Gasteiger partial charge >= 0.3 is 0 Å². The standard InChI is InChI=1S/C10H16N2O2S2/c1-7-5-10(15-9(7)6-11-2)16(13,14)12-8-3-4-8/h5,8,11-12H,3-4,6H2,1-2H3. The number of aryl methyl sites for hydroxylation is 1. The van der Waals surface area contributed by atoms with Gasteiger partial charge in [-0.2, -0.15) is 0 Å². The largest absolute Gasteiger partial charge is 0.315 e. The lowest BCUT2D eigenvalue weighted by atomic mass is 10.3. The van der Waals surface area contributed by atoms with Gasteiger partial charge in [0.1, 0.15) is 4.21 Å². The fraction of sp³-hybridized carbons (Fsp3) is 0.600. The summed E-state index contributed by atoms with van der Waals surface area (Å²) in [5.74, 6) is 0. The molecule has 1 aliphatic carbocycles. The summed E-state index contributed by atoms with van der Waals surface area (Å²) in [4.78, 5) is 1.08. The fourth-order valence-electron chi connectivity index (χ4n) is 1.44. The summed E-state index contributed by atoms with van der Waals surface area (Å²) in [6.45, 7) is 2.66. The minimum absolute atomic E-state index is 0.167. The van der Waals surface area contributed by atoms with Crippen molar-refractivity contribution in [1.82, 2.24) is 10.0 Å². The predicted molar refractivity (Wildman–Crippen MR) is 65.2 cm³/mol. The van der Waals surface area contributed by atoms with Gasteiger partial charge in [0.2, 0.25) is 10.0 Å². The van der Waals surface area contributed by atoms with Gasteiger partial charge in [0.05, 0.1) is 0 Å². The van der Waals surface area contributed by atoms with Crippen molar-refractivity contribution >= 4 is 21.4 Å². The van der Waals surface area contributed by atoms with Crippen molar-refractivity contribution in [2.75, 3.05) is 7.05 Å². The first-order chi connectivity index (χ1) is 7.53. The van der Waals surface area contributed by atoms with Gasteiger partial charge < -0.3 is 5.32 Å². The molecule has 1 saturated carbocycles. The van der Waals surface area contributed by atoms with Gasteiger partial charge in [-0.25, -0.2) is 13.1 Å². The van der Waals surface area contributed by atoms with E-state index in [2.05, 4.69) is 10.0 Å². The molecule has 6 heteroatoms. The van der Waals surface area contributed by atoms with Crippen LogP contribution in [0.1, 0.15) is 23.3 Å². The molecule has 0 radical (unpaired) electrons. The van der Waals surface area contributed by atoms with E-state index in [1.54, 1.807) is 6.07 Å². The molecule has 0 saturated heterocycles. The lowest BCUT2D eigenvalue weighted by molar-refractivity contribution is 0.583. The first kappa shape index (κ1) is 12.0. The number of hydrogen-bond donors (Lipinski definition) is 2. The number of thiophene rings is 1. The van der Waals surface area contributed by atoms with Crippen LogP contribution >= 0.6 is 11.3 Å². The van der Waals surface area contributed by atoms with Crippen LogP contribution in [0.5, 0.6) is 0 Å². The van der Waals surface area contributed by atoms with Crippen molar-refractivity contribution < 1.29 is 8.42 Å². The van der Waals surface area contributed by atoms with Gasteiger partial charge in [-0.3, -0.25) is 0 Å². The minimum atomic E-state index is -3.28. The third-order valence-electron chi connectivity index (χ3n) is 2.50.